The third-order valence-electron chi connectivity index (χ3n) is 3.29. The molecule has 2 heterocycles. The lowest BCUT2D eigenvalue weighted by atomic mass is 10.1. The van der Waals surface area contributed by atoms with E-state index in [1.807, 2.05) is 12.1 Å². The molecule has 19 heavy (non-hydrogen) atoms. The van der Waals surface area contributed by atoms with Crippen molar-refractivity contribution in [2.75, 3.05) is 18.0 Å². The molecule has 0 saturated carbocycles. The Hall–Kier alpha value is -1.40. The topological polar surface area (TPSA) is 70.8 Å². The van der Waals surface area contributed by atoms with Crippen molar-refractivity contribution in [3.05, 3.63) is 40.1 Å². The van der Waals surface area contributed by atoms with Crippen molar-refractivity contribution in [1.82, 2.24) is 15.2 Å². The van der Waals surface area contributed by atoms with Gasteiger partial charge >= 0.3 is 0 Å². The molecule has 0 aliphatic carbocycles. The van der Waals surface area contributed by atoms with Crippen LogP contribution in [0.3, 0.4) is 0 Å². The van der Waals surface area contributed by atoms with Crippen LogP contribution in [0.1, 0.15) is 17.8 Å². The summed E-state index contributed by atoms with van der Waals surface area (Å²) in [5.74, 6) is 1.64. The maximum atomic E-state index is 5.90. The number of benzene rings is 1. The lowest BCUT2D eigenvalue weighted by Gasteiger charge is -2.11. The minimum Gasteiger partial charge on any atom is -0.338 e. The summed E-state index contributed by atoms with van der Waals surface area (Å²) in [6.07, 6.45) is 1.77. The van der Waals surface area contributed by atoms with E-state index in [9.17, 15) is 0 Å². The van der Waals surface area contributed by atoms with Gasteiger partial charge in [-0.15, -0.1) is 5.10 Å². The third-order valence-corrected chi connectivity index (χ3v) is 3.78. The van der Waals surface area contributed by atoms with E-state index in [2.05, 4.69) is 48.1 Å². The van der Waals surface area contributed by atoms with Gasteiger partial charge in [-0.1, -0.05) is 28.1 Å². The van der Waals surface area contributed by atoms with Gasteiger partial charge in [-0.25, -0.2) is 0 Å². The van der Waals surface area contributed by atoms with Crippen LogP contribution in [0.5, 0.6) is 0 Å². The summed E-state index contributed by atoms with van der Waals surface area (Å²) in [6.45, 7) is 1.78. The molecule has 3 N–H and O–H groups in total. The number of anilines is 1. The van der Waals surface area contributed by atoms with Crippen LogP contribution in [0.15, 0.2) is 28.7 Å². The molecular formula is C13H16BrN5. The van der Waals surface area contributed by atoms with E-state index in [1.54, 1.807) is 0 Å². The SMILES string of the molecule is NC1CCN(c2n[nH]c(Cc3cccc(Br)c3)n2)C1. The predicted molar refractivity (Wildman–Crippen MR) is 78.1 cm³/mol. The lowest BCUT2D eigenvalue weighted by molar-refractivity contribution is 0.750. The van der Waals surface area contributed by atoms with Crippen molar-refractivity contribution in [3.63, 3.8) is 0 Å². The highest BCUT2D eigenvalue weighted by molar-refractivity contribution is 9.10. The highest BCUT2D eigenvalue weighted by Crippen LogP contribution is 2.17. The molecule has 1 aromatic carbocycles. The number of aromatic amines is 1. The Kier molecular flexibility index (Phi) is 3.52. The molecule has 1 saturated heterocycles. The summed E-state index contributed by atoms with van der Waals surface area (Å²) < 4.78 is 1.08. The number of hydrogen-bond donors (Lipinski definition) is 2. The number of rotatable bonds is 3. The normalized spacial score (nSPS) is 19.1. The molecule has 100 valence electrons. The summed E-state index contributed by atoms with van der Waals surface area (Å²) in [4.78, 5) is 6.67. The molecular weight excluding hydrogens is 306 g/mol. The van der Waals surface area contributed by atoms with Crippen molar-refractivity contribution in [1.29, 1.82) is 0 Å². The summed E-state index contributed by atoms with van der Waals surface area (Å²) in [7, 11) is 0. The Bertz CT molecular complexity index is 568. The summed E-state index contributed by atoms with van der Waals surface area (Å²) in [6, 6.07) is 8.45. The monoisotopic (exact) mass is 321 g/mol. The Balaban J connectivity index is 1.71. The second-order valence-corrected chi connectivity index (χ2v) is 5.80. The molecule has 0 radical (unpaired) electrons. The highest BCUT2D eigenvalue weighted by Gasteiger charge is 2.22. The van der Waals surface area contributed by atoms with Gasteiger partial charge in [-0.3, -0.25) is 5.10 Å². The molecule has 1 unspecified atom stereocenters. The quantitative estimate of drug-likeness (QED) is 0.902. The second kappa shape index (κ2) is 5.30. The molecule has 5 nitrogen and oxygen atoms in total. The van der Waals surface area contributed by atoms with E-state index in [0.29, 0.717) is 0 Å². The van der Waals surface area contributed by atoms with Crippen LogP contribution in [-0.4, -0.2) is 34.3 Å². The summed E-state index contributed by atoms with van der Waals surface area (Å²) in [5, 5.41) is 7.28. The first kappa shape index (κ1) is 12.6. The zero-order chi connectivity index (χ0) is 13.2. The van der Waals surface area contributed by atoms with Gasteiger partial charge in [0.25, 0.3) is 0 Å². The van der Waals surface area contributed by atoms with Crippen LogP contribution in [0, 0.1) is 0 Å². The Morgan fingerprint density at radius 1 is 1.47 bits per heavy atom. The van der Waals surface area contributed by atoms with Crippen LogP contribution in [0.4, 0.5) is 5.95 Å². The van der Waals surface area contributed by atoms with Crippen LogP contribution in [-0.2, 0) is 6.42 Å². The summed E-state index contributed by atoms with van der Waals surface area (Å²) in [5.41, 5.74) is 7.10. The number of H-pyrrole nitrogens is 1. The zero-order valence-corrected chi connectivity index (χ0v) is 12.1. The van der Waals surface area contributed by atoms with Gasteiger partial charge in [0.2, 0.25) is 5.95 Å². The predicted octanol–water partition coefficient (Wildman–Crippen LogP) is 1.70. The molecule has 0 spiro atoms. The number of nitrogens with one attached hydrogen (secondary N) is 1. The fourth-order valence-corrected chi connectivity index (χ4v) is 2.76. The van der Waals surface area contributed by atoms with Crippen LogP contribution >= 0.6 is 15.9 Å². The zero-order valence-electron chi connectivity index (χ0n) is 10.5. The number of nitrogens with zero attached hydrogens (tertiary/aromatic N) is 3. The van der Waals surface area contributed by atoms with Crippen molar-refractivity contribution >= 4 is 21.9 Å². The maximum absolute atomic E-state index is 5.90. The molecule has 1 atom stereocenters. The van der Waals surface area contributed by atoms with Crippen LogP contribution in [0.2, 0.25) is 0 Å². The largest absolute Gasteiger partial charge is 0.338 e. The third kappa shape index (κ3) is 2.96. The number of aromatic nitrogens is 3. The standard InChI is InChI=1S/C13H16BrN5/c14-10-3-1-2-9(6-10)7-12-16-13(18-17-12)19-5-4-11(15)8-19/h1-3,6,11H,4-5,7-8,15H2,(H,16,17,18). The number of halogens is 1. The van der Waals surface area contributed by atoms with E-state index in [1.165, 1.54) is 5.56 Å². The first-order chi connectivity index (χ1) is 9.20. The van der Waals surface area contributed by atoms with E-state index in [0.717, 1.165) is 42.2 Å². The minimum atomic E-state index is 0.243. The molecule has 1 aliphatic rings. The molecule has 1 aliphatic heterocycles. The fourth-order valence-electron chi connectivity index (χ4n) is 2.31. The van der Waals surface area contributed by atoms with Gasteiger partial charge in [-0.05, 0) is 24.1 Å². The van der Waals surface area contributed by atoms with Crippen molar-refractivity contribution in [2.45, 2.75) is 18.9 Å². The minimum absolute atomic E-state index is 0.243. The van der Waals surface area contributed by atoms with Gasteiger partial charge in [0.15, 0.2) is 0 Å². The Labute approximate surface area is 120 Å². The average molecular weight is 322 g/mol. The van der Waals surface area contributed by atoms with E-state index in [4.69, 9.17) is 5.73 Å². The average Bonchev–Trinajstić information content (AvgIpc) is 2.98. The Morgan fingerprint density at radius 2 is 2.37 bits per heavy atom. The van der Waals surface area contributed by atoms with Crippen molar-refractivity contribution in [2.24, 2.45) is 5.73 Å². The van der Waals surface area contributed by atoms with E-state index in [-0.39, 0.29) is 6.04 Å². The number of nitrogens with two attached hydrogens (primary N) is 1. The van der Waals surface area contributed by atoms with Crippen molar-refractivity contribution in [3.8, 4) is 0 Å². The summed E-state index contributed by atoms with van der Waals surface area (Å²) >= 11 is 3.47. The molecule has 1 fully saturated rings. The fraction of sp³-hybridized carbons (Fsp3) is 0.385. The van der Waals surface area contributed by atoms with Crippen molar-refractivity contribution < 1.29 is 0 Å². The van der Waals surface area contributed by atoms with Gasteiger partial charge in [0, 0.05) is 30.0 Å². The molecule has 0 bridgehead atoms. The van der Waals surface area contributed by atoms with Gasteiger partial charge in [-0.2, -0.15) is 4.98 Å². The number of hydrogen-bond acceptors (Lipinski definition) is 4. The lowest BCUT2D eigenvalue weighted by Crippen LogP contribution is -2.27. The molecule has 0 amide bonds. The van der Waals surface area contributed by atoms with E-state index >= 15 is 0 Å². The maximum Gasteiger partial charge on any atom is 0.244 e. The van der Waals surface area contributed by atoms with Crippen LogP contribution < -0.4 is 10.6 Å². The highest BCUT2D eigenvalue weighted by atomic mass is 79.9. The first-order valence-corrected chi connectivity index (χ1v) is 7.16. The molecule has 6 heteroatoms. The van der Waals surface area contributed by atoms with Gasteiger partial charge in [0.1, 0.15) is 5.82 Å². The molecule has 2 aromatic rings. The second-order valence-electron chi connectivity index (χ2n) is 4.88. The van der Waals surface area contributed by atoms with E-state index < -0.39 is 0 Å². The van der Waals surface area contributed by atoms with Gasteiger partial charge < -0.3 is 10.6 Å². The smallest absolute Gasteiger partial charge is 0.244 e. The molecule has 3 rings (SSSR count). The Morgan fingerprint density at radius 3 is 3.11 bits per heavy atom. The van der Waals surface area contributed by atoms with Crippen LogP contribution in [0.25, 0.3) is 0 Å². The van der Waals surface area contributed by atoms with Gasteiger partial charge in [0.05, 0.1) is 0 Å². The molecule has 1 aromatic heterocycles. The first-order valence-electron chi connectivity index (χ1n) is 6.37.